The second-order valence-electron chi connectivity index (χ2n) is 8.31. The van der Waals surface area contributed by atoms with E-state index in [4.69, 9.17) is 14.4 Å². The summed E-state index contributed by atoms with van der Waals surface area (Å²) in [6, 6.07) is 23.4. The molecule has 2 N–H and O–H groups in total. The Morgan fingerprint density at radius 1 is 0.943 bits per heavy atom. The number of hydrogen-bond donors (Lipinski definition) is 2. The lowest BCUT2D eigenvalue weighted by molar-refractivity contribution is 0.546. The molecule has 7 nitrogen and oxygen atoms in total. The van der Waals surface area contributed by atoms with Crippen LogP contribution in [0.5, 0.6) is 0 Å². The molecule has 0 saturated heterocycles. The number of aromatic amines is 1. The first-order valence-electron chi connectivity index (χ1n) is 11.3. The van der Waals surface area contributed by atoms with E-state index in [1.54, 1.807) is 12.4 Å². The summed E-state index contributed by atoms with van der Waals surface area (Å²) in [5, 5.41) is 4.19. The maximum atomic E-state index is 13.4. The lowest BCUT2D eigenvalue weighted by atomic mass is 10.0. The van der Waals surface area contributed by atoms with E-state index in [9.17, 15) is 4.79 Å². The zero-order chi connectivity index (χ0) is 23.8. The summed E-state index contributed by atoms with van der Waals surface area (Å²) in [5.41, 5.74) is 4.80. The number of aromatic nitrogens is 4. The van der Waals surface area contributed by atoms with Crippen LogP contribution in [-0.4, -0.2) is 19.9 Å². The number of fused-ring (bicyclic) bond motifs is 2. The Kier molecular flexibility index (Phi) is 5.07. The Morgan fingerprint density at radius 3 is 2.66 bits per heavy atom. The predicted octanol–water partition coefficient (Wildman–Crippen LogP) is 5.71. The van der Waals surface area contributed by atoms with E-state index in [2.05, 4.69) is 15.3 Å². The maximum Gasteiger partial charge on any atom is 0.232 e. The fraction of sp³-hybridized carbons (Fsp3) is 0.0714. The van der Waals surface area contributed by atoms with E-state index in [-0.39, 0.29) is 10.9 Å². The molecule has 0 fully saturated rings. The molecule has 170 valence electrons. The van der Waals surface area contributed by atoms with Gasteiger partial charge in [-0.3, -0.25) is 9.78 Å². The molecule has 6 aromatic rings. The summed E-state index contributed by atoms with van der Waals surface area (Å²) in [6.07, 6.45) is 3.40. The van der Waals surface area contributed by atoms with Gasteiger partial charge in [0.05, 0.1) is 5.52 Å². The van der Waals surface area contributed by atoms with Crippen molar-refractivity contribution in [2.45, 2.75) is 13.5 Å². The van der Waals surface area contributed by atoms with Crippen LogP contribution in [0.15, 0.2) is 94.4 Å². The van der Waals surface area contributed by atoms with Gasteiger partial charge in [0, 0.05) is 29.9 Å². The van der Waals surface area contributed by atoms with Gasteiger partial charge in [0.25, 0.3) is 0 Å². The molecule has 4 aromatic heterocycles. The van der Waals surface area contributed by atoms with Crippen molar-refractivity contribution in [3.63, 3.8) is 0 Å². The van der Waals surface area contributed by atoms with Crippen LogP contribution in [0.4, 0.5) is 5.69 Å². The molecule has 0 aliphatic heterocycles. The molecular weight excluding hydrogens is 438 g/mol. The number of furan rings is 1. The smallest absolute Gasteiger partial charge is 0.232 e. The van der Waals surface area contributed by atoms with E-state index in [0.717, 1.165) is 27.8 Å². The van der Waals surface area contributed by atoms with Crippen molar-refractivity contribution in [1.82, 2.24) is 19.9 Å². The largest absolute Gasteiger partial charge is 0.460 e. The molecular formula is C28H21N5O2. The molecule has 6 rings (SSSR count). The van der Waals surface area contributed by atoms with Crippen LogP contribution in [0.2, 0.25) is 0 Å². The minimum atomic E-state index is -0.215. The lowest BCUT2D eigenvalue weighted by Crippen LogP contribution is -2.14. The molecule has 7 heteroatoms. The first kappa shape index (κ1) is 20.8. The average molecular weight is 460 g/mol. The minimum Gasteiger partial charge on any atom is -0.460 e. The van der Waals surface area contributed by atoms with Crippen molar-refractivity contribution in [2.75, 3.05) is 5.32 Å². The van der Waals surface area contributed by atoms with E-state index < -0.39 is 0 Å². The van der Waals surface area contributed by atoms with E-state index in [1.807, 2.05) is 79.7 Å². The molecule has 2 aromatic carbocycles. The summed E-state index contributed by atoms with van der Waals surface area (Å²) in [5.74, 6) is 1.36. The number of pyridine rings is 2. The molecule has 0 bridgehead atoms. The van der Waals surface area contributed by atoms with Gasteiger partial charge in [-0.1, -0.05) is 42.5 Å². The van der Waals surface area contributed by atoms with Gasteiger partial charge in [0.15, 0.2) is 16.9 Å². The Labute approximate surface area is 200 Å². The fourth-order valence-corrected chi connectivity index (χ4v) is 4.11. The number of nitrogens with one attached hydrogen (secondary N) is 2. The standard InChI is InChI=1S/C28H21N5O2/c1-17-9-12-23(35-17)25-24(20-10-11-21-19(14-20)8-5-13-29-21)32-26-27(34)22(16-31-28(26)33-25)30-15-18-6-3-2-4-7-18/h2-14,16,30H,15H2,1H3,(H,31,33,34). The molecule has 0 aliphatic rings. The van der Waals surface area contributed by atoms with Crippen molar-refractivity contribution in [2.24, 2.45) is 0 Å². The minimum absolute atomic E-state index is 0.215. The van der Waals surface area contributed by atoms with E-state index in [1.165, 1.54) is 0 Å². The lowest BCUT2D eigenvalue weighted by Gasteiger charge is -2.11. The average Bonchev–Trinajstić information content (AvgIpc) is 3.34. The van der Waals surface area contributed by atoms with Gasteiger partial charge in [-0.25, -0.2) is 9.97 Å². The number of benzene rings is 2. The highest BCUT2D eigenvalue weighted by Gasteiger charge is 2.19. The van der Waals surface area contributed by atoms with Crippen LogP contribution in [0, 0.1) is 6.92 Å². The van der Waals surface area contributed by atoms with E-state index >= 15 is 0 Å². The normalized spacial score (nSPS) is 11.2. The zero-order valence-corrected chi connectivity index (χ0v) is 18.9. The van der Waals surface area contributed by atoms with Crippen LogP contribution in [0.25, 0.3) is 44.8 Å². The van der Waals surface area contributed by atoms with Crippen molar-refractivity contribution < 1.29 is 4.42 Å². The summed E-state index contributed by atoms with van der Waals surface area (Å²) in [6.45, 7) is 2.41. The van der Waals surface area contributed by atoms with Gasteiger partial charge >= 0.3 is 0 Å². The van der Waals surface area contributed by atoms with Crippen molar-refractivity contribution >= 4 is 27.8 Å². The summed E-state index contributed by atoms with van der Waals surface area (Å²) in [4.78, 5) is 30.5. The second kappa shape index (κ2) is 8.53. The topological polar surface area (TPSA) is 96.7 Å². The monoisotopic (exact) mass is 459 g/mol. The molecule has 0 radical (unpaired) electrons. The van der Waals surface area contributed by atoms with Crippen LogP contribution in [0.3, 0.4) is 0 Å². The van der Waals surface area contributed by atoms with Crippen molar-refractivity contribution in [3.8, 4) is 22.7 Å². The molecule has 0 aliphatic carbocycles. The molecule has 0 saturated carbocycles. The molecule has 0 unspecified atom stereocenters. The van der Waals surface area contributed by atoms with Crippen LogP contribution >= 0.6 is 0 Å². The number of rotatable bonds is 5. The van der Waals surface area contributed by atoms with Crippen LogP contribution in [0.1, 0.15) is 11.3 Å². The third-order valence-corrected chi connectivity index (χ3v) is 5.88. The van der Waals surface area contributed by atoms with Gasteiger partial charge in [0.2, 0.25) is 5.43 Å². The highest BCUT2D eigenvalue weighted by Crippen LogP contribution is 2.32. The maximum absolute atomic E-state index is 13.4. The van der Waals surface area contributed by atoms with Gasteiger partial charge in [-0.15, -0.1) is 0 Å². The fourth-order valence-electron chi connectivity index (χ4n) is 4.11. The molecule has 35 heavy (non-hydrogen) atoms. The third kappa shape index (κ3) is 3.93. The number of H-pyrrole nitrogens is 1. The van der Waals surface area contributed by atoms with Gasteiger partial charge in [0.1, 0.15) is 22.8 Å². The number of nitrogens with zero attached hydrogens (tertiary/aromatic N) is 3. The van der Waals surface area contributed by atoms with Crippen LogP contribution in [-0.2, 0) is 6.54 Å². The van der Waals surface area contributed by atoms with Crippen LogP contribution < -0.4 is 10.7 Å². The molecule has 4 heterocycles. The molecule has 0 spiro atoms. The second-order valence-corrected chi connectivity index (χ2v) is 8.31. The molecule has 0 amide bonds. The summed E-state index contributed by atoms with van der Waals surface area (Å²) < 4.78 is 5.89. The first-order valence-corrected chi connectivity index (χ1v) is 11.3. The number of anilines is 1. The summed E-state index contributed by atoms with van der Waals surface area (Å²) >= 11 is 0. The summed E-state index contributed by atoms with van der Waals surface area (Å²) in [7, 11) is 0. The zero-order valence-electron chi connectivity index (χ0n) is 18.9. The van der Waals surface area contributed by atoms with Crippen molar-refractivity contribution in [3.05, 3.63) is 107 Å². The third-order valence-electron chi connectivity index (χ3n) is 5.88. The number of hydrogen-bond acceptors (Lipinski definition) is 6. The Balaban J connectivity index is 1.51. The van der Waals surface area contributed by atoms with Crippen molar-refractivity contribution in [1.29, 1.82) is 0 Å². The Hall–Kier alpha value is -4.78. The quantitative estimate of drug-likeness (QED) is 0.343. The highest BCUT2D eigenvalue weighted by atomic mass is 16.3. The van der Waals surface area contributed by atoms with Gasteiger partial charge in [-0.2, -0.15) is 0 Å². The Morgan fingerprint density at radius 2 is 1.83 bits per heavy atom. The van der Waals surface area contributed by atoms with E-state index in [0.29, 0.717) is 35.0 Å². The van der Waals surface area contributed by atoms with Gasteiger partial charge in [-0.05, 0) is 42.8 Å². The van der Waals surface area contributed by atoms with Gasteiger partial charge < -0.3 is 14.7 Å². The SMILES string of the molecule is Cc1ccc(-c2nc3[nH]cc(NCc4ccccc4)c(=O)c3nc2-c2ccc3ncccc3c2)o1. The number of aryl methyl sites for hydroxylation is 1. The Bertz CT molecular complexity index is 1740. The molecule has 0 atom stereocenters. The highest BCUT2D eigenvalue weighted by molar-refractivity contribution is 5.89. The first-order chi connectivity index (χ1) is 17.2. The predicted molar refractivity (Wildman–Crippen MR) is 137 cm³/mol.